The van der Waals surface area contributed by atoms with E-state index >= 15 is 0 Å². The van der Waals surface area contributed by atoms with Crippen LogP contribution in [0.5, 0.6) is 5.75 Å². The summed E-state index contributed by atoms with van der Waals surface area (Å²) in [4.78, 5) is 29.2. The number of carbonyl (C=O) groups is 2. The Morgan fingerprint density at radius 3 is 2.40 bits per heavy atom. The van der Waals surface area contributed by atoms with Crippen LogP contribution in [-0.4, -0.2) is 53.6 Å². The molecule has 0 radical (unpaired) electrons. The molecule has 1 saturated heterocycles. The molecule has 3 aromatic rings. The van der Waals surface area contributed by atoms with E-state index in [1.165, 1.54) is 48.7 Å². The lowest BCUT2D eigenvalue weighted by molar-refractivity contribution is -0.140. The maximum atomic E-state index is 14.6. The number of carbonyl (C=O) groups excluding carboxylic acids is 2. The molecule has 2 unspecified atom stereocenters. The van der Waals surface area contributed by atoms with E-state index in [4.69, 9.17) is 10.5 Å². The number of primary amides is 1. The highest BCUT2D eigenvalue weighted by molar-refractivity contribution is 6.00. The Balaban J connectivity index is 1.37. The first-order chi connectivity index (χ1) is 20.8. The van der Waals surface area contributed by atoms with Gasteiger partial charge in [-0.2, -0.15) is 0 Å². The van der Waals surface area contributed by atoms with Gasteiger partial charge in [0.2, 0.25) is 11.8 Å². The van der Waals surface area contributed by atoms with E-state index in [1.54, 1.807) is 7.11 Å². The molecule has 7 heteroatoms. The number of piperazine rings is 1. The van der Waals surface area contributed by atoms with E-state index in [0.717, 1.165) is 68.6 Å². The average molecular weight is 583 g/mol. The summed E-state index contributed by atoms with van der Waals surface area (Å²) < 4.78 is 7.90. The lowest BCUT2D eigenvalue weighted by Gasteiger charge is -2.43. The molecule has 2 atom stereocenters. The molecule has 7 rings (SSSR count). The zero-order valence-electron chi connectivity index (χ0n) is 25.8. The minimum Gasteiger partial charge on any atom is -0.497 e. The second-order valence-electron chi connectivity index (χ2n) is 13.9. The molecule has 1 aromatic heterocycles. The predicted octanol–water partition coefficient (Wildman–Crippen LogP) is 6.23. The minimum absolute atomic E-state index is 0.0895. The van der Waals surface area contributed by atoms with Gasteiger partial charge in [-0.05, 0) is 91.5 Å². The number of nitrogens with two attached hydrogens (primary N) is 1. The first-order valence-electron chi connectivity index (χ1n) is 16.5. The number of hydrogen-bond donors (Lipinski definition) is 2. The Hall–Kier alpha value is -3.32. The van der Waals surface area contributed by atoms with Crippen LogP contribution in [0.2, 0.25) is 0 Å². The van der Waals surface area contributed by atoms with E-state index in [2.05, 4.69) is 39.9 Å². The van der Waals surface area contributed by atoms with Crippen LogP contribution in [0, 0.1) is 11.3 Å². The van der Waals surface area contributed by atoms with Crippen LogP contribution in [-0.2, 0) is 11.3 Å². The quantitative estimate of drug-likeness (QED) is 0.345. The number of nitrogens with zero attached hydrogens (tertiary/aromatic N) is 2. The van der Waals surface area contributed by atoms with E-state index in [0.29, 0.717) is 29.9 Å². The lowest BCUT2D eigenvalue weighted by atomic mass is 9.81. The number of aromatic nitrogens is 1. The third-order valence-corrected chi connectivity index (χ3v) is 11.3. The van der Waals surface area contributed by atoms with Gasteiger partial charge in [0.05, 0.1) is 18.2 Å². The molecule has 3 saturated carbocycles. The van der Waals surface area contributed by atoms with Crippen molar-refractivity contribution < 1.29 is 14.3 Å². The van der Waals surface area contributed by atoms with Gasteiger partial charge in [0.25, 0.3) is 0 Å². The van der Waals surface area contributed by atoms with Gasteiger partial charge in [0.15, 0.2) is 0 Å². The second-order valence-corrected chi connectivity index (χ2v) is 13.9. The number of methoxy groups -OCH3 is 1. The van der Waals surface area contributed by atoms with Gasteiger partial charge in [0.1, 0.15) is 5.75 Å². The summed E-state index contributed by atoms with van der Waals surface area (Å²) in [6.07, 6.45) is 11.7. The lowest BCUT2D eigenvalue weighted by Crippen LogP contribution is -2.61. The maximum absolute atomic E-state index is 14.6. The number of nitrogens with one attached hydrogen (secondary N) is 1. The van der Waals surface area contributed by atoms with Crippen molar-refractivity contribution in [1.29, 1.82) is 0 Å². The summed E-state index contributed by atoms with van der Waals surface area (Å²) >= 11 is 0. The van der Waals surface area contributed by atoms with Crippen LogP contribution in [0.3, 0.4) is 0 Å². The Labute approximate surface area is 255 Å². The molecule has 1 spiro atoms. The van der Waals surface area contributed by atoms with Gasteiger partial charge in [-0.3, -0.25) is 9.59 Å². The smallest absolute Gasteiger partial charge is 0.248 e. The van der Waals surface area contributed by atoms with Crippen molar-refractivity contribution >= 4 is 22.7 Å². The van der Waals surface area contributed by atoms with Gasteiger partial charge in [-0.15, -0.1) is 0 Å². The second kappa shape index (κ2) is 11.0. The molecular formula is C36H46N4O3. The van der Waals surface area contributed by atoms with Crippen LogP contribution in [0.4, 0.5) is 0 Å². The monoisotopic (exact) mass is 582 g/mol. The van der Waals surface area contributed by atoms with Gasteiger partial charge in [-0.1, -0.05) is 45.1 Å². The number of rotatable bonds is 7. The first-order valence-corrected chi connectivity index (χ1v) is 16.5. The average Bonchev–Trinajstić information content (AvgIpc) is 3.32. The topological polar surface area (TPSA) is 89.6 Å². The fraction of sp³-hybridized carbons (Fsp3) is 0.556. The van der Waals surface area contributed by atoms with Gasteiger partial charge in [-0.25, -0.2) is 0 Å². The molecule has 1 aliphatic heterocycles. The molecule has 3 aliphatic carbocycles. The molecule has 4 aliphatic rings. The molecule has 7 nitrogen and oxygen atoms in total. The number of fused-ring (bicyclic) bond motifs is 1. The van der Waals surface area contributed by atoms with Crippen LogP contribution >= 0.6 is 0 Å². The Kier molecular flexibility index (Phi) is 7.27. The van der Waals surface area contributed by atoms with Crippen LogP contribution < -0.4 is 15.8 Å². The van der Waals surface area contributed by atoms with Crippen molar-refractivity contribution in [3.63, 3.8) is 0 Å². The highest BCUT2D eigenvalue weighted by Gasteiger charge is 2.60. The highest BCUT2D eigenvalue weighted by atomic mass is 16.5. The fourth-order valence-electron chi connectivity index (χ4n) is 8.75. The van der Waals surface area contributed by atoms with Crippen molar-refractivity contribution in [3.05, 3.63) is 53.6 Å². The van der Waals surface area contributed by atoms with Crippen molar-refractivity contribution in [2.45, 2.75) is 89.1 Å². The van der Waals surface area contributed by atoms with Crippen LogP contribution in [0.1, 0.15) is 93.0 Å². The van der Waals surface area contributed by atoms with E-state index < -0.39 is 11.3 Å². The molecule has 228 valence electrons. The first kappa shape index (κ1) is 28.5. The Morgan fingerprint density at radius 2 is 1.74 bits per heavy atom. The zero-order valence-corrected chi connectivity index (χ0v) is 25.8. The number of ether oxygens (including phenoxy) is 1. The summed E-state index contributed by atoms with van der Waals surface area (Å²) in [5.41, 5.74) is 10.7. The third-order valence-electron chi connectivity index (χ3n) is 11.3. The van der Waals surface area contributed by atoms with Gasteiger partial charge < -0.3 is 25.3 Å². The third kappa shape index (κ3) is 4.94. The predicted molar refractivity (Wildman–Crippen MR) is 170 cm³/mol. The van der Waals surface area contributed by atoms with Gasteiger partial charge in [0, 0.05) is 48.2 Å². The molecule has 2 heterocycles. The number of amides is 2. The zero-order chi connectivity index (χ0) is 29.8. The summed E-state index contributed by atoms with van der Waals surface area (Å²) in [7, 11) is 1.69. The Morgan fingerprint density at radius 1 is 1.02 bits per heavy atom. The molecule has 0 bridgehead atoms. The summed E-state index contributed by atoms with van der Waals surface area (Å²) in [6, 6.07) is 14.3. The summed E-state index contributed by atoms with van der Waals surface area (Å²) in [5.74, 6) is 1.44. The van der Waals surface area contributed by atoms with Crippen molar-refractivity contribution in [3.8, 4) is 17.0 Å². The van der Waals surface area contributed by atoms with E-state index in [9.17, 15) is 9.59 Å². The maximum Gasteiger partial charge on any atom is 0.248 e. The molecule has 2 aromatic carbocycles. The van der Waals surface area contributed by atoms with Crippen LogP contribution in [0.15, 0.2) is 42.5 Å². The van der Waals surface area contributed by atoms with Gasteiger partial charge >= 0.3 is 0 Å². The number of benzene rings is 2. The van der Waals surface area contributed by atoms with E-state index in [-0.39, 0.29) is 5.54 Å². The van der Waals surface area contributed by atoms with Crippen LogP contribution in [0.25, 0.3) is 22.2 Å². The van der Waals surface area contributed by atoms with Crippen molar-refractivity contribution in [2.75, 3.05) is 26.7 Å². The highest BCUT2D eigenvalue weighted by Crippen LogP contribution is 2.57. The summed E-state index contributed by atoms with van der Waals surface area (Å²) in [5, 5.41) is 4.97. The SMILES string of the molecule is COc1ccc(-c2c(C3CCCCC3)c3ccc(C(N)=O)cc3n2CC2(C(=O)N3CCNC4(CCCC4)C3)CC2C)cc1. The normalized spacial score (nSPS) is 25.3. The standard InChI is InChI=1S/C36H46N4O3/c1-24-21-36(24,34(42)39-19-18-38-35(22-39)16-6-7-17-35)23-40-30-20-27(33(37)41)12-15-29(30)31(25-8-4-3-5-9-25)32(40)26-10-13-28(43-2)14-11-26/h10-15,20,24-25,38H,3-9,16-19,21-23H2,1-2H3,(H2,37,41). The van der Waals surface area contributed by atoms with Crippen molar-refractivity contribution in [2.24, 2.45) is 17.1 Å². The van der Waals surface area contributed by atoms with E-state index in [1.807, 2.05) is 24.3 Å². The van der Waals surface area contributed by atoms with Crippen molar-refractivity contribution in [1.82, 2.24) is 14.8 Å². The number of hydrogen-bond acceptors (Lipinski definition) is 4. The minimum atomic E-state index is -0.448. The molecule has 2 amide bonds. The molecule has 3 N–H and O–H groups in total. The fourth-order valence-corrected chi connectivity index (χ4v) is 8.75. The molecular weight excluding hydrogens is 536 g/mol. The summed E-state index contributed by atoms with van der Waals surface area (Å²) in [6.45, 7) is 5.30. The molecule has 43 heavy (non-hydrogen) atoms. The largest absolute Gasteiger partial charge is 0.497 e. The molecule has 4 fully saturated rings. The Bertz CT molecular complexity index is 1530.